The minimum absolute atomic E-state index is 0.896. The van der Waals surface area contributed by atoms with E-state index in [4.69, 9.17) is 5.11 Å². The molecule has 0 unspecified atom stereocenters. The summed E-state index contributed by atoms with van der Waals surface area (Å²) in [5, 5.41) is 7.62. The van der Waals surface area contributed by atoms with Gasteiger partial charge in [0.1, 0.15) is 0 Å². The third-order valence-electron chi connectivity index (χ3n) is 2.65. The first-order valence-electron chi connectivity index (χ1n) is 4.61. The lowest BCUT2D eigenvalue weighted by Gasteiger charge is -2.38. The van der Waals surface area contributed by atoms with E-state index in [1.807, 2.05) is 0 Å². The van der Waals surface area contributed by atoms with Crippen molar-refractivity contribution in [2.24, 2.45) is 5.92 Å². The Hall–Kier alpha value is -0.0251. The summed E-state index contributed by atoms with van der Waals surface area (Å²) in [6.45, 7) is 4.18. The molecular formula is C8H14BBrNO2. The summed E-state index contributed by atoms with van der Waals surface area (Å²) in [4.78, 5) is 11.8. The van der Waals surface area contributed by atoms with Gasteiger partial charge in [0.25, 0.3) is 5.87 Å². The number of carbonyl (C=O) groups is 1. The van der Waals surface area contributed by atoms with Crippen molar-refractivity contribution in [3.05, 3.63) is 0 Å². The van der Waals surface area contributed by atoms with Crippen molar-refractivity contribution in [1.29, 1.82) is 0 Å². The molecule has 5 heteroatoms. The third-order valence-corrected chi connectivity index (χ3v) is 3.05. The van der Waals surface area contributed by atoms with Crippen molar-refractivity contribution < 1.29 is 9.90 Å². The van der Waals surface area contributed by atoms with Gasteiger partial charge in [0, 0.05) is 0 Å². The summed E-state index contributed by atoms with van der Waals surface area (Å²) < 4.78 is 0. The number of hydrogen-bond acceptors (Lipinski definition) is 2. The average molecular weight is 247 g/mol. The fourth-order valence-corrected chi connectivity index (χ4v) is 1.86. The molecule has 3 aliphatic heterocycles. The molecule has 2 bridgehead atoms. The van der Waals surface area contributed by atoms with Crippen LogP contribution in [0.25, 0.3) is 0 Å². The highest BCUT2D eigenvalue weighted by Gasteiger charge is 2.24. The molecule has 0 amide bonds. The molecule has 0 aromatic rings. The van der Waals surface area contributed by atoms with Crippen LogP contribution in [-0.4, -0.2) is 41.6 Å². The topological polar surface area (TPSA) is 40.5 Å². The number of halogens is 1. The molecule has 3 rings (SSSR count). The van der Waals surface area contributed by atoms with Crippen molar-refractivity contribution in [1.82, 2.24) is 4.90 Å². The monoisotopic (exact) mass is 246 g/mol. The zero-order chi connectivity index (χ0) is 9.68. The molecule has 0 aromatic carbocycles. The lowest BCUT2D eigenvalue weighted by atomic mass is 9.89. The minimum Gasteiger partial charge on any atom is -0.489 e. The molecule has 0 aromatic heterocycles. The van der Waals surface area contributed by atoms with E-state index in [9.17, 15) is 4.79 Å². The normalized spacial score (nSPS) is 30.2. The highest BCUT2D eigenvalue weighted by molar-refractivity contribution is 9.24. The molecule has 3 fully saturated rings. The fourth-order valence-electron chi connectivity index (χ4n) is 1.86. The highest BCUT2D eigenvalue weighted by Crippen LogP contribution is 2.26. The van der Waals surface area contributed by atoms with Gasteiger partial charge in [-0.05, 0) is 44.8 Å². The average Bonchev–Trinajstić information content (AvgIpc) is 2.21. The molecule has 3 aliphatic rings. The standard InChI is InChI=1S/C7H13N.CHBBrO2/c1-4-8-5-2-7(1)3-6-8;3-2-1(4)5/h7H,1-6H2;(H,4,5). The van der Waals surface area contributed by atoms with Crippen molar-refractivity contribution >= 4 is 27.7 Å². The maximum Gasteiger partial charge on any atom is 0.350 e. The van der Waals surface area contributed by atoms with Crippen molar-refractivity contribution in [3.8, 4) is 0 Å². The predicted molar refractivity (Wildman–Crippen MR) is 56.5 cm³/mol. The molecule has 1 radical (unpaired) electrons. The first kappa shape index (κ1) is 11.1. The van der Waals surface area contributed by atoms with E-state index in [2.05, 4.69) is 20.7 Å². The van der Waals surface area contributed by atoms with Crippen molar-refractivity contribution in [3.63, 3.8) is 0 Å². The number of nitrogens with zero attached hydrogens (tertiary/aromatic N) is 1. The van der Waals surface area contributed by atoms with Gasteiger partial charge in [-0.1, -0.05) is 0 Å². The first-order valence-corrected chi connectivity index (χ1v) is 5.52. The quantitative estimate of drug-likeness (QED) is 0.718. The van der Waals surface area contributed by atoms with Gasteiger partial charge >= 0.3 is 6.10 Å². The van der Waals surface area contributed by atoms with Gasteiger partial charge in [0.15, 0.2) is 0 Å². The fraction of sp³-hybridized carbons (Fsp3) is 0.875. The second-order valence-electron chi connectivity index (χ2n) is 3.52. The van der Waals surface area contributed by atoms with Crippen molar-refractivity contribution in [2.75, 3.05) is 19.6 Å². The summed E-state index contributed by atoms with van der Waals surface area (Å²) in [7, 11) is 0. The van der Waals surface area contributed by atoms with Crippen LogP contribution >= 0.6 is 15.8 Å². The number of hydrogen-bond donors (Lipinski definition) is 1. The van der Waals surface area contributed by atoms with Crippen LogP contribution in [0, 0.1) is 5.92 Å². The molecule has 3 saturated heterocycles. The molecule has 13 heavy (non-hydrogen) atoms. The first-order chi connectivity index (χ1) is 6.22. The summed E-state index contributed by atoms with van der Waals surface area (Å²) in [6.07, 6.45) is 5.35. The van der Waals surface area contributed by atoms with E-state index in [0.29, 0.717) is 0 Å². The van der Waals surface area contributed by atoms with E-state index >= 15 is 0 Å². The largest absolute Gasteiger partial charge is 0.489 e. The van der Waals surface area contributed by atoms with E-state index in [1.165, 1.54) is 38.9 Å². The van der Waals surface area contributed by atoms with Crippen LogP contribution in [0.3, 0.4) is 0 Å². The van der Waals surface area contributed by atoms with Crippen molar-refractivity contribution in [2.45, 2.75) is 19.3 Å². The summed E-state index contributed by atoms with van der Waals surface area (Å²) >= 11 is 2.59. The lowest BCUT2D eigenvalue weighted by molar-refractivity contribution is 0.111. The Morgan fingerprint density at radius 1 is 1.31 bits per heavy atom. The highest BCUT2D eigenvalue weighted by atomic mass is 79.9. The number of fused-ring (bicyclic) bond motifs is 3. The number of rotatable bonds is 1. The van der Waals surface area contributed by atoms with Crippen LogP contribution < -0.4 is 0 Å². The lowest BCUT2D eigenvalue weighted by Crippen LogP contribution is -2.41. The Morgan fingerprint density at radius 3 is 1.77 bits per heavy atom. The van der Waals surface area contributed by atoms with Crippen LogP contribution in [0.5, 0.6) is 0 Å². The van der Waals surface area contributed by atoms with Gasteiger partial charge in [-0.15, -0.1) is 15.8 Å². The Bertz CT molecular complexity index is 149. The number of carboxylic acid groups (broad SMARTS) is 1. The van der Waals surface area contributed by atoms with Gasteiger partial charge in [-0.3, -0.25) is 4.79 Å². The second-order valence-corrected chi connectivity index (χ2v) is 3.98. The Morgan fingerprint density at radius 2 is 1.69 bits per heavy atom. The molecule has 3 heterocycles. The van der Waals surface area contributed by atoms with Gasteiger partial charge < -0.3 is 10.0 Å². The zero-order valence-electron chi connectivity index (χ0n) is 7.58. The Labute approximate surface area is 87.7 Å². The van der Waals surface area contributed by atoms with E-state index < -0.39 is 5.87 Å². The molecule has 0 spiro atoms. The van der Waals surface area contributed by atoms with Crippen LogP contribution in [-0.2, 0) is 0 Å². The van der Waals surface area contributed by atoms with E-state index in [-0.39, 0.29) is 0 Å². The molecule has 0 aliphatic carbocycles. The van der Waals surface area contributed by atoms with Crippen LogP contribution in [0.1, 0.15) is 19.3 Å². The molecule has 1 N–H and O–H groups in total. The molecule has 0 atom stereocenters. The predicted octanol–water partition coefficient (Wildman–Crippen LogP) is 1.78. The van der Waals surface area contributed by atoms with Crippen LogP contribution in [0.15, 0.2) is 0 Å². The van der Waals surface area contributed by atoms with Gasteiger partial charge in [0.05, 0.1) is 0 Å². The SMILES string of the molecule is C1CN2CCC1CC2.O=C(O)[B]Br. The molecule has 73 valence electrons. The summed E-state index contributed by atoms with van der Waals surface area (Å²) in [5.74, 6) is 0.157. The second kappa shape index (κ2) is 5.65. The molecular weight excluding hydrogens is 233 g/mol. The Balaban J connectivity index is 0.000000149. The maximum atomic E-state index is 9.27. The number of piperidine rings is 3. The summed E-state index contributed by atoms with van der Waals surface area (Å²) in [5.41, 5.74) is 0. The van der Waals surface area contributed by atoms with E-state index in [0.717, 1.165) is 12.0 Å². The minimum atomic E-state index is -0.954. The van der Waals surface area contributed by atoms with Gasteiger partial charge in [0.2, 0.25) is 0 Å². The Kier molecular flexibility index (Phi) is 4.81. The van der Waals surface area contributed by atoms with E-state index in [1.54, 1.807) is 0 Å². The molecule has 0 saturated carbocycles. The van der Waals surface area contributed by atoms with Crippen LogP contribution in [0.2, 0.25) is 0 Å². The zero-order valence-corrected chi connectivity index (χ0v) is 9.16. The smallest absolute Gasteiger partial charge is 0.350 e. The van der Waals surface area contributed by atoms with Gasteiger partial charge in [-0.25, -0.2) is 0 Å². The summed E-state index contributed by atoms with van der Waals surface area (Å²) in [6, 6.07) is 0. The molecule has 3 nitrogen and oxygen atoms in total. The van der Waals surface area contributed by atoms with Gasteiger partial charge in [-0.2, -0.15) is 0 Å². The maximum absolute atomic E-state index is 9.27. The van der Waals surface area contributed by atoms with Crippen LogP contribution in [0.4, 0.5) is 4.79 Å². The third kappa shape index (κ3) is 4.14.